The van der Waals surface area contributed by atoms with E-state index in [2.05, 4.69) is 10.3 Å². The van der Waals surface area contributed by atoms with Crippen LogP contribution in [0, 0.1) is 11.3 Å². The number of rotatable bonds is 4. The van der Waals surface area contributed by atoms with E-state index < -0.39 is 5.91 Å². The monoisotopic (exact) mass is 297 g/mol. The first-order valence-corrected chi connectivity index (χ1v) is 6.63. The molecule has 1 N–H and O–H groups in total. The van der Waals surface area contributed by atoms with Crippen LogP contribution in [0.5, 0.6) is 0 Å². The molecular weight excluding hydrogens is 286 g/mol. The number of pyridine rings is 1. The number of benzene rings is 1. The number of hydrogen-bond acceptors (Lipinski definition) is 3. The molecule has 0 unspecified atom stereocenters. The van der Waals surface area contributed by atoms with Crippen LogP contribution in [0.2, 0.25) is 5.02 Å². The third kappa shape index (κ3) is 4.16. The summed E-state index contributed by atoms with van der Waals surface area (Å²) in [6, 6.07) is 14.3. The van der Waals surface area contributed by atoms with Crippen molar-refractivity contribution in [2.45, 2.75) is 6.54 Å². The smallest absolute Gasteiger partial charge is 0.262 e. The quantitative estimate of drug-likeness (QED) is 0.697. The molecule has 1 heterocycles. The summed E-state index contributed by atoms with van der Waals surface area (Å²) >= 11 is 6.01. The van der Waals surface area contributed by atoms with E-state index in [-0.39, 0.29) is 12.1 Å². The van der Waals surface area contributed by atoms with Gasteiger partial charge >= 0.3 is 0 Å². The molecule has 2 rings (SSSR count). The summed E-state index contributed by atoms with van der Waals surface area (Å²) in [6.45, 7) is 0.265. The van der Waals surface area contributed by atoms with Crippen molar-refractivity contribution >= 4 is 23.6 Å². The number of carbonyl (C=O) groups is 1. The van der Waals surface area contributed by atoms with E-state index in [0.717, 1.165) is 5.69 Å². The lowest BCUT2D eigenvalue weighted by Gasteiger charge is -2.04. The van der Waals surface area contributed by atoms with Gasteiger partial charge in [0.25, 0.3) is 5.91 Å². The van der Waals surface area contributed by atoms with Crippen LogP contribution in [0.4, 0.5) is 0 Å². The van der Waals surface area contributed by atoms with Crippen LogP contribution in [0.15, 0.2) is 54.2 Å². The van der Waals surface area contributed by atoms with Gasteiger partial charge in [0, 0.05) is 11.2 Å². The molecule has 4 nitrogen and oxygen atoms in total. The van der Waals surface area contributed by atoms with Crippen LogP contribution >= 0.6 is 11.6 Å². The normalized spacial score (nSPS) is 10.8. The minimum absolute atomic E-state index is 0.000897. The van der Waals surface area contributed by atoms with Crippen molar-refractivity contribution in [1.29, 1.82) is 5.26 Å². The van der Waals surface area contributed by atoms with E-state index in [1.54, 1.807) is 42.6 Å². The Labute approximate surface area is 127 Å². The Morgan fingerprint density at radius 3 is 2.71 bits per heavy atom. The van der Waals surface area contributed by atoms with E-state index >= 15 is 0 Å². The standard InChI is InChI=1S/C16H12ClN3O/c17-15-7-2-1-5-12(15)9-13(10-18)16(21)20-11-14-6-3-4-8-19-14/h1-9H,11H2,(H,20,21)/b13-9-. The second-order valence-electron chi connectivity index (χ2n) is 4.20. The van der Waals surface area contributed by atoms with Crippen LogP contribution in [0.3, 0.4) is 0 Å². The fourth-order valence-electron chi connectivity index (χ4n) is 1.67. The van der Waals surface area contributed by atoms with Gasteiger partial charge in [-0.05, 0) is 29.8 Å². The van der Waals surface area contributed by atoms with Crippen LogP contribution in [-0.4, -0.2) is 10.9 Å². The summed E-state index contributed by atoms with van der Waals surface area (Å²) in [7, 11) is 0. The van der Waals surface area contributed by atoms with Gasteiger partial charge in [-0.1, -0.05) is 35.9 Å². The van der Waals surface area contributed by atoms with Gasteiger partial charge in [0.05, 0.1) is 12.2 Å². The van der Waals surface area contributed by atoms with Gasteiger partial charge < -0.3 is 5.32 Å². The summed E-state index contributed by atoms with van der Waals surface area (Å²) in [4.78, 5) is 16.1. The maximum absolute atomic E-state index is 12.0. The first-order chi connectivity index (χ1) is 10.2. The Balaban J connectivity index is 2.09. The number of carbonyl (C=O) groups excluding carboxylic acids is 1. The predicted octanol–water partition coefficient (Wildman–Crippen LogP) is 2.96. The molecule has 0 saturated heterocycles. The van der Waals surface area contributed by atoms with Crippen LogP contribution < -0.4 is 5.32 Å². The molecule has 104 valence electrons. The first-order valence-electron chi connectivity index (χ1n) is 6.25. The number of halogens is 1. The molecule has 5 heteroatoms. The fraction of sp³-hybridized carbons (Fsp3) is 0.0625. The van der Waals surface area contributed by atoms with Crippen LogP contribution in [-0.2, 0) is 11.3 Å². The minimum atomic E-state index is -0.455. The molecule has 1 amide bonds. The highest BCUT2D eigenvalue weighted by molar-refractivity contribution is 6.32. The molecule has 0 radical (unpaired) electrons. The van der Waals surface area contributed by atoms with Crippen molar-refractivity contribution in [2.75, 3.05) is 0 Å². The van der Waals surface area contributed by atoms with Crippen molar-refractivity contribution < 1.29 is 4.79 Å². The van der Waals surface area contributed by atoms with E-state index in [1.807, 2.05) is 12.1 Å². The highest BCUT2D eigenvalue weighted by Gasteiger charge is 2.09. The molecular formula is C16H12ClN3O. The third-order valence-corrected chi connectivity index (χ3v) is 3.07. The fourth-order valence-corrected chi connectivity index (χ4v) is 1.86. The van der Waals surface area contributed by atoms with E-state index in [1.165, 1.54) is 6.08 Å². The van der Waals surface area contributed by atoms with E-state index in [9.17, 15) is 4.79 Å². The lowest BCUT2D eigenvalue weighted by molar-refractivity contribution is -0.117. The van der Waals surface area contributed by atoms with Crippen molar-refractivity contribution in [3.8, 4) is 6.07 Å². The number of nitriles is 1. The molecule has 0 atom stereocenters. The molecule has 1 aromatic heterocycles. The number of nitrogens with zero attached hydrogens (tertiary/aromatic N) is 2. The first kappa shape index (κ1) is 14.8. The summed E-state index contributed by atoms with van der Waals surface area (Å²) in [5, 5.41) is 12.3. The Bertz CT molecular complexity index is 705. The Kier molecular flexibility index (Phi) is 5.08. The molecule has 0 spiro atoms. The highest BCUT2D eigenvalue weighted by Crippen LogP contribution is 2.18. The predicted molar refractivity (Wildman–Crippen MR) is 81.1 cm³/mol. The average molecular weight is 298 g/mol. The maximum atomic E-state index is 12.0. The summed E-state index contributed by atoms with van der Waals surface area (Å²) < 4.78 is 0. The largest absolute Gasteiger partial charge is 0.346 e. The number of amides is 1. The number of nitrogens with one attached hydrogen (secondary N) is 1. The summed E-state index contributed by atoms with van der Waals surface area (Å²) in [5.74, 6) is -0.455. The highest BCUT2D eigenvalue weighted by atomic mass is 35.5. The second-order valence-corrected chi connectivity index (χ2v) is 4.60. The van der Waals surface area contributed by atoms with Gasteiger partial charge in [-0.15, -0.1) is 0 Å². The minimum Gasteiger partial charge on any atom is -0.346 e. The Morgan fingerprint density at radius 2 is 2.05 bits per heavy atom. The molecule has 0 aliphatic rings. The van der Waals surface area contributed by atoms with Gasteiger partial charge in [-0.3, -0.25) is 9.78 Å². The van der Waals surface area contributed by atoms with Crippen molar-refractivity contribution in [3.63, 3.8) is 0 Å². The molecule has 0 saturated carbocycles. The molecule has 21 heavy (non-hydrogen) atoms. The molecule has 0 bridgehead atoms. The van der Waals surface area contributed by atoms with Crippen LogP contribution in [0.25, 0.3) is 6.08 Å². The molecule has 0 aliphatic carbocycles. The van der Waals surface area contributed by atoms with Crippen molar-refractivity contribution in [2.24, 2.45) is 0 Å². The zero-order valence-corrected chi connectivity index (χ0v) is 11.8. The van der Waals surface area contributed by atoms with Gasteiger partial charge in [-0.25, -0.2) is 0 Å². The average Bonchev–Trinajstić information content (AvgIpc) is 2.53. The lowest BCUT2D eigenvalue weighted by Crippen LogP contribution is -2.24. The maximum Gasteiger partial charge on any atom is 0.262 e. The zero-order valence-electron chi connectivity index (χ0n) is 11.1. The number of aromatic nitrogens is 1. The summed E-state index contributed by atoms with van der Waals surface area (Å²) in [5.41, 5.74) is 1.35. The number of hydrogen-bond donors (Lipinski definition) is 1. The van der Waals surface area contributed by atoms with Gasteiger partial charge in [0.1, 0.15) is 11.6 Å². The Hall–Kier alpha value is -2.64. The SMILES string of the molecule is N#C/C(=C/c1ccccc1Cl)C(=O)NCc1ccccn1. The molecule has 1 aromatic carbocycles. The van der Waals surface area contributed by atoms with Gasteiger partial charge in [0.2, 0.25) is 0 Å². The van der Waals surface area contributed by atoms with Crippen LogP contribution in [0.1, 0.15) is 11.3 Å². The lowest BCUT2D eigenvalue weighted by atomic mass is 10.1. The molecule has 0 aliphatic heterocycles. The summed E-state index contributed by atoms with van der Waals surface area (Å²) in [6.07, 6.45) is 3.11. The Morgan fingerprint density at radius 1 is 1.29 bits per heavy atom. The van der Waals surface area contributed by atoms with Crippen molar-refractivity contribution in [1.82, 2.24) is 10.3 Å². The molecule has 0 fully saturated rings. The van der Waals surface area contributed by atoms with E-state index in [4.69, 9.17) is 16.9 Å². The molecule has 2 aromatic rings. The zero-order chi connectivity index (χ0) is 15.1. The second kappa shape index (κ2) is 7.22. The van der Waals surface area contributed by atoms with Gasteiger partial charge in [-0.2, -0.15) is 5.26 Å². The van der Waals surface area contributed by atoms with Gasteiger partial charge in [0.15, 0.2) is 0 Å². The third-order valence-electron chi connectivity index (χ3n) is 2.73. The topological polar surface area (TPSA) is 65.8 Å². The van der Waals surface area contributed by atoms with E-state index in [0.29, 0.717) is 10.6 Å². The van der Waals surface area contributed by atoms with Crippen molar-refractivity contribution in [3.05, 3.63) is 70.5 Å².